The van der Waals surface area contributed by atoms with Crippen molar-refractivity contribution in [1.82, 2.24) is 0 Å². The van der Waals surface area contributed by atoms with Crippen molar-refractivity contribution in [2.24, 2.45) is 5.92 Å². The van der Waals surface area contributed by atoms with Crippen molar-refractivity contribution < 1.29 is 27.9 Å². The molecule has 1 aliphatic carbocycles. The summed E-state index contributed by atoms with van der Waals surface area (Å²) >= 11 is 3.59. The molecule has 0 radical (unpaired) electrons. The topological polar surface area (TPSA) is 63.2 Å². The van der Waals surface area contributed by atoms with Crippen LogP contribution in [0.25, 0.3) is 0 Å². The zero-order valence-electron chi connectivity index (χ0n) is 27.9. The van der Waals surface area contributed by atoms with Crippen LogP contribution in [-0.2, 0) is 18.4 Å². The number of carbonyl (C=O) groups is 1. The van der Waals surface area contributed by atoms with Crippen LogP contribution in [0.5, 0.6) is 11.5 Å². The Labute approximate surface area is 268 Å². The minimum Gasteiger partial charge on any atom is -0.497 e. The Balaban J connectivity index is 1.97. The van der Waals surface area contributed by atoms with E-state index in [2.05, 4.69) is 102 Å². The number of benzene rings is 2. The van der Waals surface area contributed by atoms with Crippen molar-refractivity contribution >= 4 is 38.5 Å². The van der Waals surface area contributed by atoms with E-state index in [9.17, 15) is 4.79 Å². The van der Waals surface area contributed by atoms with Gasteiger partial charge in [-0.3, -0.25) is 0 Å². The van der Waals surface area contributed by atoms with E-state index >= 15 is 0 Å². The van der Waals surface area contributed by atoms with Gasteiger partial charge in [0, 0.05) is 0 Å². The predicted octanol–water partition coefficient (Wildman–Crippen LogP) is 9.49. The number of hydrogen-bond acceptors (Lipinski definition) is 6. The molecule has 4 atom stereocenters. The second-order valence-electron chi connectivity index (χ2n) is 14.9. The van der Waals surface area contributed by atoms with E-state index in [1.54, 1.807) is 7.11 Å². The summed E-state index contributed by atoms with van der Waals surface area (Å²) in [5.41, 5.74) is 1.74. The van der Waals surface area contributed by atoms with Crippen molar-refractivity contribution in [1.29, 1.82) is 0 Å². The number of carbonyl (C=O) groups excluding carboxylic acids is 1. The Kier molecular flexibility index (Phi) is 9.31. The van der Waals surface area contributed by atoms with Gasteiger partial charge in [-0.05, 0) is 100 Å². The fraction of sp³-hybridized carbons (Fsp3) is 0.559. The van der Waals surface area contributed by atoms with Crippen LogP contribution in [0.4, 0.5) is 0 Å². The summed E-state index contributed by atoms with van der Waals surface area (Å²) in [5, 5.41) is -0.104. The molecule has 0 N–H and O–H groups in total. The van der Waals surface area contributed by atoms with Gasteiger partial charge in [-0.15, -0.1) is 0 Å². The van der Waals surface area contributed by atoms with Crippen LogP contribution >= 0.6 is 15.9 Å². The quantitative estimate of drug-likeness (QED) is 0.203. The van der Waals surface area contributed by atoms with Gasteiger partial charge in [0.1, 0.15) is 22.1 Å². The van der Waals surface area contributed by atoms with E-state index in [0.717, 1.165) is 22.4 Å². The number of hydrogen-bond donors (Lipinski definition) is 0. The first-order chi connectivity index (χ1) is 19.8. The maximum absolute atomic E-state index is 13.5. The molecular weight excluding hydrogens is 640 g/mol. The molecule has 236 valence electrons. The zero-order chi connectivity index (χ0) is 32.2. The second kappa shape index (κ2) is 11.8. The SMILES string of the molecule is COc1ccc(OC[C@H]2[C@H](O[Si](C)(C)C(C)(C)C)c3ccccc3[C@H](O[Si](C)(C)C(C)(C)C)[C@@]23OC(=O)C(Br)=C3C)cc1. The van der Waals surface area contributed by atoms with Crippen LogP contribution in [-0.4, -0.2) is 41.9 Å². The van der Waals surface area contributed by atoms with Crippen LogP contribution in [0, 0.1) is 5.92 Å². The highest BCUT2D eigenvalue weighted by Gasteiger charge is 2.64. The highest BCUT2D eigenvalue weighted by molar-refractivity contribution is 9.12. The Bertz CT molecular complexity index is 1370. The van der Waals surface area contributed by atoms with E-state index < -0.39 is 40.4 Å². The Morgan fingerprint density at radius 1 is 0.837 bits per heavy atom. The smallest absolute Gasteiger partial charge is 0.346 e. The fourth-order valence-corrected chi connectivity index (χ4v) is 8.33. The van der Waals surface area contributed by atoms with Crippen LogP contribution in [0.15, 0.2) is 58.6 Å². The van der Waals surface area contributed by atoms with Crippen LogP contribution in [0.1, 0.15) is 71.8 Å². The van der Waals surface area contributed by atoms with Crippen molar-refractivity contribution in [2.45, 2.75) is 103 Å². The molecule has 0 bridgehead atoms. The number of esters is 1. The third-order valence-corrected chi connectivity index (χ3v) is 20.0. The molecule has 6 nitrogen and oxygen atoms in total. The molecule has 1 aliphatic heterocycles. The fourth-order valence-electron chi connectivity index (χ4n) is 5.41. The normalized spacial score (nSPS) is 24.7. The average Bonchev–Trinajstić information content (AvgIpc) is 3.14. The number of fused-ring (bicyclic) bond motifs is 1. The number of halogens is 1. The second-order valence-corrected chi connectivity index (χ2v) is 25.2. The molecule has 43 heavy (non-hydrogen) atoms. The Morgan fingerprint density at radius 2 is 1.35 bits per heavy atom. The summed E-state index contributed by atoms with van der Waals surface area (Å²) in [4.78, 5) is 13.5. The Hall–Kier alpha value is -1.92. The lowest BCUT2D eigenvalue weighted by Gasteiger charge is -2.54. The molecule has 0 aromatic heterocycles. The molecule has 9 heteroatoms. The third kappa shape index (κ3) is 6.17. The monoisotopic (exact) mass is 688 g/mol. The van der Waals surface area contributed by atoms with Gasteiger partial charge in [-0.2, -0.15) is 0 Å². The Morgan fingerprint density at radius 3 is 1.84 bits per heavy atom. The molecule has 2 aromatic carbocycles. The zero-order valence-corrected chi connectivity index (χ0v) is 31.5. The minimum atomic E-state index is -2.37. The maximum Gasteiger partial charge on any atom is 0.346 e. The summed E-state index contributed by atoms with van der Waals surface area (Å²) in [5.74, 6) is 0.672. The van der Waals surface area contributed by atoms with Gasteiger partial charge in [0.2, 0.25) is 0 Å². The van der Waals surface area contributed by atoms with Crippen molar-refractivity contribution in [3.8, 4) is 11.5 Å². The number of methoxy groups -OCH3 is 1. The lowest BCUT2D eigenvalue weighted by molar-refractivity contribution is -0.178. The molecule has 0 saturated heterocycles. The van der Waals surface area contributed by atoms with E-state index in [0.29, 0.717) is 10.2 Å². The molecule has 2 aromatic rings. The first-order valence-corrected chi connectivity index (χ1v) is 21.7. The number of ether oxygens (including phenoxy) is 3. The molecule has 0 amide bonds. The van der Waals surface area contributed by atoms with Gasteiger partial charge in [0.05, 0.1) is 25.7 Å². The lowest BCUT2D eigenvalue weighted by Crippen LogP contribution is -2.59. The van der Waals surface area contributed by atoms with Gasteiger partial charge < -0.3 is 23.1 Å². The van der Waals surface area contributed by atoms with E-state index in [1.165, 1.54) is 0 Å². The standard InChI is InChI=1S/C34H49BrO6Si2/c1-22-28(35)31(36)39-34(22)27(21-38-24-19-17-23(37-8)18-20-24)29(40-42(9,10)32(2,3)4)25-15-13-14-16-26(25)30(34)41-43(11,12)33(5,6)7/h13-20,27,29-30H,21H2,1-12H3/t27-,29+,30-,34-/m0/s1. The van der Waals surface area contributed by atoms with E-state index in [1.807, 2.05) is 37.3 Å². The molecule has 1 spiro atoms. The van der Waals surface area contributed by atoms with Crippen molar-refractivity contribution in [2.75, 3.05) is 13.7 Å². The molecule has 0 saturated carbocycles. The van der Waals surface area contributed by atoms with Gasteiger partial charge in [0.25, 0.3) is 0 Å². The van der Waals surface area contributed by atoms with Crippen LogP contribution in [0.3, 0.4) is 0 Å². The van der Waals surface area contributed by atoms with Crippen molar-refractivity contribution in [3.05, 3.63) is 69.7 Å². The van der Waals surface area contributed by atoms with E-state index in [4.69, 9.17) is 23.1 Å². The summed E-state index contributed by atoms with van der Waals surface area (Å²) in [7, 11) is -3.04. The maximum atomic E-state index is 13.5. The first kappa shape index (κ1) is 34.0. The summed E-state index contributed by atoms with van der Waals surface area (Å²) in [6, 6.07) is 15.9. The molecule has 2 aliphatic rings. The molecule has 1 heterocycles. The van der Waals surface area contributed by atoms with Crippen LogP contribution in [0.2, 0.25) is 36.3 Å². The van der Waals surface area contributed by atoms with Crippen molar-refractivity contribution in [3.63, 3.8) is 0 Å². The predicted molar refractivity (Wildman–Crippen MR) is 181 cm³/mol. The first-order valence-electron chi connectivity index (χ1n) is 15.1. The summed E-state index contributed by atoms with van der Waals surface area (Å²) in [6.07, 6.45) is -0.928. The third-order valence-electron chi connectivity index (χ3n) is 10.2. The number of rotatable bonds is 8. The molecule has 0 fully saturated rings. The lowest BCUT2D eigenvalue weighted by atomic mass is 9.66. The molecule has 4 rings (SSSR count). The molecular formula is C34H49BrO6Si2. The highest BCUT2D eigenvalue weighted by atomic mass is 79.9. The van der Waals surface area contributed by atoms with E-state index in [-0.39, 0.29) is 22.7 Å². The van der Waals surface area contributed by atoms with Gasteiger partial charge >= 0.3 is 5.97 Å². The minimum absolute atomic E-state index is 0.0389. The average molecular weight is 690 g/mol. The van der Waals surface area contributed by atoms with Gasteiger partial charge in [-0.25, -0.2) is 4.79 Å². The molecule has 0 unspecified atom stereocenters. The van der Waals surface area contributed by atoms with Gasteiger partial charge in [-0.1, -0.05) is 65.8 Å². The largest absolute Gasteiger partial charge is 0.497 e. The highest BCUT2D eigenvalue weighted by Crippen LogP contribution is 2.61. The summed E-state index contributed by atoms with van der Waals surface area (Å²) < 4.78 is 33.6. The van der Waals surface area contributed by atoms with Gasteiger partial charge in [0.15, 0.2) is 22.2 Å². The van der Waals surface area contributed by atoms with Crippen LogP contribution < -0.4 is 9.47 Å². The summed E-state index contributed by atoms with van der Waals surface area (Å²) in [6.45, 7) is 24.7.